The molecule has 0 spiro atoms. The normalized spacial score (nSPS) is 15.1. The van der Waals surface area contributed by atoms with Gasteiger partial charge in [0.15, 0.2) is 0 Å². The largest absolute Gasteiger partial charge is 0.494 e. The van der Waals surface area contributed by atoms with Crippen LogP contribution in [0.5, 0.6) is 5.75 Å². The lowest BCUT2D eigenvalue weighted by Gasteiger charge is -2.35. The molecule has 1 aliphatic heterocycles. The molecule has 0 aliphatic carbocycles. The number of benzene rings is 3. The Labute approximate surface area is 214 Å². The minimum absolute atomic E-state index is 0.228. The summed E-state index contributed by atoms with van der Waals surface area (Å²) in [7, 11) is 0. The molecule has 0 saturated heterocycles. The number of nitrogens with zero attached hydrogens (tertiary/aromatic N) is 1. The summed E-state index contributed by atoms with van der Waals surface area (Å²) in [6.07, 6.45) is 1.16. The number of fused-ring (bicyclic) bond motifs is 3. The third-order valence-corrected chi connectivity index (χ3v) is 6.77. The van der Waals surface area contributed by atoms with E-state index in [-0.39, 0.29) is 18.7 Å². The average molecular weight is 509 g/mol. The Morgan fingerprint density at radius 2 is 1.86 bits per heavy atom. The van der Waals surface area contributed by atoms with Crippen molar-refractivity contribution in [1.29, 1.82) is 0 Å². The van der Waals surface area contributed by atoms with E-state index in [0.29, 0.717) is 30.5 Å². The van der Waals surface area contributed by atoms with Crippen LogP contribution >= 0.6 is 23.2 Å². The number of amides is 1. The van der Waals surface area contributed by atoms with E-state index in [1.54, 1.807) is 4.90 Å². The standard InChI is InChI=1S/C28H26Cl2N2O3/c29-14-4-16-34-22-10-7-20(8-11-22)27-26-23(24-17-21(30)9-12-25(24)31-26)13-15-32(27)28(33)35-18-19-5-2-1-3-6-19/h1-3,5-12,17,27,31H,4,13-16,18H2. The molecule has 1 N–H and O–H groups in total. The zero-order valence-electron chi connectivity index (χ0n) is 19.2. The lowest BCUT2D eigenvalue weighted by molar-refractivity contribution is 0.0832. The van der Waals surface area contributed by atoms with Gasteiger partial charge in [-0.25, -0.2) is 4.79 Å². The predicted octanol–water partition coefficient (Wildman–Crippen LogP) is 7.11. The summed E-state index contributed by atoms with van der Waals surface area (Å²) in [5.74, 6) is 1.34. The first kappa shape index (κ1) is 23.6. The third-order valence-electron chi connectivity index (χ3n) is 6.27. The number of carbonyl (C=O) groups excluding carboxylic acids is 1. The number of nitrogens with one attached hydrogen (secondary N) is 1. The van der Waals surface area contributed by atoms with Crippen LogP contribution < -0.4 is 4.74 Å². The number of hydrogen-bond donors (Lipinski definition) is 1. The van der Waals surface area contributed by atoms with Gasteiger partial charge in [-0.3, -0.25) is 4.90 Å². The molecular weight excluding hydrogens is 483 g/mol. The van der Waals surface area contributed by atoms with E-state index in [2.05, 4.69) is 4.98 Å². The number of alkyl halides is 1. The van der Waals surface area contributed by atoms with Crippen LogP contribution in [0.25, 0.3) is 10.9 Å². The highest BCUT2D eigenvalue weighted by atomic mass is 35.5. The maximum absolute atomic E-state index is 13.3. The van der Waals surface area contributed by atoms with E-state index in [4.69, 9.17) is 32.7 Å². The molecule has 4 aromatic rings. The molecular formula is C28H26Cl2N2O3. The summed E-state index contributed by atoms with van der Waals surface area (Å²) < 4.78 is 11.5. The Balaban J connectivity index is 1.47. The van der Waals surface area contributed by atoms with Gasteiger partial charge >= 0.3 is 6.09 Å². The summed E-state index contributed by atoms with van der Waals surface area (Å²) >= 11 is 12.1. The second kappa shape index (κ2) is 10.6. The molecule has 0 fully saturated rings. The first-order valence-corrected chi connectivity index (χ1v) is 12.6. The molecule has 1 aromatic heterocycles. The SMILES string of the molecule is O=C(OCc1ccccc1)N1CCc2c([nH]c3ccc(Cl)cc23)C1c1ccc(OCCCCl)cc1. The predicted molar refractivity (Wildman–Crippen MR) is 139 cm³/mol. The lowest BCUT2D eigenvalue weighted by atomic mass is 9.92. The number of halogens is 2. The van der Waals surface area contributed by atoms with Crippen molar-refractivity contribution >= 4 is 40.2 Å². The van der Waals surface area contributed by atoms with Crippen LogP contribution in [0.1, 0.15) is 34.8 Å². The molecule has 0 bridgehead atoms. The van der Waals surface area contributed by atoms with E-state index in [9.17, 15) is 4.79 Å². The topological polar surface area (TPSA) is 54.6 Å². The minimum Gasteiger partial charge on any atom is -0.494 e. The van der Waals surface area contributed by atoms with Crippen molar-refractivity contribution in [2.24, 2.45) is 0 Å². The fourth-order valence-electron chi connectivity index (χ4n) is 4.60. The van der Waals surface area contributed by atoms with Gasteiger partial charge in [-0.05, 0) is 59.9 Å². The molecule has 5 nitrogen and oxygen atoms in total. The molecule has 7 heteroatoms. The van der Waals surface area contributed by atoms with Gasteiger partial charge < -0.3 is 14.5 Å². The molecule has 5 rings (SSSR count). The van der Waals surface area contributed by atoms with E-state index in [1.165, 1.54) is 5.56 Å². The summed E-state index contributed by atoms with van der Waals surface area (Å²) in [6.45, 7) is 1.33. The number of hydrogen-bond acceptors (Lipinski definition) is 3. The number of aromatic nitrogens is 1. The van der Waals surface area contributed by atoms with Crippen LogP contribution in [-0.4, -0.2) is 35.0 Å². The molecule has 35 heavy (non-hydrogen) atoms. The monoisotopic (exact) mass is 508 g/mol. The summed E-state index contributed by atoms with van der Waals surface area (Å²) in [5.41, 5.74) is 5.10. The minimum atomic E-state index is -0.344. The first-order valence-electron chi connectivity index (χ1n) is 11.7. The highest BCUT2D eigenvalue weighted by Gasteiger charge is 2.35. The maximum atomic E-state index is 13.3. The van der Waals surface area contributed by atoms with Gasteiger partial charge in [0.25, 0.3) is 0 Å². The zero-order chi connectivity index (χ0) is 24.2. The molecule has 0 radical (unpaired) electrons. The van der Waals surface area contributed by atoms with Crippen molar-refractivity contribution in [2.75, 3.05) is 19.0 Å². The van der Waals surface area contributed by atoms with Crippen LogP contribution in [0.2, 0.25) is 5.02 Å². The van der Waals surface area contributed by atoms with Gasteiger partial charge in [0.05, 0.1) is 6.61 Å². The Kier molecular flexibility index (Phi) is 7.16. The maximum Gasteiger partial charge on any atom is 0.410 e. The van der Waals surface area contributed by atoms with Gasteiger partial charge in [0.1, 0.15) is 18.4 Å². The van der Waals surface area contributed by atoms with Gasteiger partial charge in [-0.1, -0.05) is 54.1 Å². The summed E-state index contributed by atoms with van der Waals surface area (Å²) in [5, 5.41) is 1.79. The number of ether oxygens (including phenoxy) is 2. The van der Waals surface area contributed by atoms with E-state index >= 15 is 0 Å². The number of H-pyrrole nitrogens is 1. The van der Waals surface area contributed by atoms with Crippen molar-refractivity contribution in [2.45, 2.75) is 25.5 Å². The Morgan fingerprint density at radius 1 is 1.06 bits per heavy atom. The number of aromatic amines is 1. The molecule has 180 valence electrons. The van der Waals surface area contributed by atoms with Crippen molar-refractivity contribution < 1.29 is 14.3 Å². The van der Waals surface area contributed by atoms with Gasteiger partial charge in [-0.15, -0.1) is 11.6 Å². The van der Waals surface area contributed by atoms with Gasteiger partial charge in [-0.2, -0.15) is 0 Å². The van der Waals surface area contributed by atoms with Crippen molar-refractivity contribution in [3.63, 3.8) is 0 Å². The Morgan fingerprint density at radius 3 is 2.63 bits per heavy atom. The summed E-state index contributed by atoms with van der Waals surface area (Å²) in [6, 6.07) is 23.1. The number of carbonyl (C=O) groups is 1. The van der Waals surface area contributed by atoms with Crippen LogP contribution in [0.15, 0.2) is 72.8 Å². The molecule has 1 aliphatic rings. The van der Waals surface area contributed by atoms with E-state index in [0.717, 1.165) is 39.9 Å². The van der Waals surface area contributed by atoms with Crippen molar-refractivity contribution in [3.8, 4) is 5.75 Å². The van der Waals surface area contributed by atoms with Crippen LogP contribution in [-0.2, 0) is 17.8 Å². The fourth-order valence-corrected chi connectivity index (χ4v) is 4.88. The average Bonchev–Trinajstić information content (AvgIpc) is 3.26. The van der Waals surface area contributed by atoms with Gasteiger partial charge in [0, 0.05) is 34.0 Å². The smallest absolute Gasteiger partial charge is 0.410 e. The molecule has 1 unspecified atom stereocenters. The quantitative estimate of drug-likeness (QED) is 0.213. The second-order valence-electron chi connectivity index (χ2n) is 8.55. The lowest BCUT2D eigenvalue weighted by Crippen LogP contribution is -2.40. The van der Waals surface area contributed by atoms with Crippen LogP contribution in [0, 0.1) is 0 Å². The highest BCUT2D eigenvalue weighted by molar-refractivity contribution is 6.31. The Hall–Kier alpha value is -3.15. The van der Waals surface area contributed by atoms with E-state index < -0.39 is 0 Å². The fraction of sp³-hybridized carbons (Fsp3) is 0.250. The molecule has 0 saturated carbocycles. The molecule has 3 aromatic carbocycles. The van der Waals surface area contributed by atoms with Crippen molar-refractivity contribution in [1.82, 2.24) is 9.88 Å². The molecule has 1 atom stereocenters. The second-order valence-corrected chi connectivity index (χ2v) is 9.37. The van der Waals surface area contributed by atoms with Gasteiger partial charge in [0.2, 0.25) is 0 Å². The first-order chi connectivity index (χ1) is 17.1. The number of rotatable bonds is 7. The third kappa shape index (κ3) is 5.12. The van der Waals surface area contributed by atoms with E-state index in [1.807, 2.05) is 72.8 Å². The zero-order valence-corrected chi connectivity index (χ0v) is 20.7. The van der Waals surface area contributed by atoms with Crippen molar-refractivity contribution in [3.05, 3.63) is 100 Å². The van der Waals surface area contributed by atoms with Crippen LogP contribution in [0.4, 0.5) is 4.79 Å². The molecule has 1 amide bonds. The highest BCUT2D eigenvalue weighted by Crippen LogP contribution is 2.39. The molecule has 2 heterocycles. The van der Waals surface area contributed by atoms with Crippen LogP contribution in [0.3, 0.4) is 0 Å². The summed E-state index contributed by atoms with van der Waals surface area (Å²) in [4.78, 5) is 18.7. The Bertz CT molecular complexity index is 1310.